The Morgan fingerprint density at radius 2 is 1.34 bits per heavy atom. The van der Waals surface area contributed by atoms with E-state index in [0.717, 1.165) is 53.4 Å². The molecule has 3 aromatic carbocycles. The van der Waals surface area contributed by atoms with Gasteiger partial charge in [-0.3, -0.25) is 9.59 Å². The number of halogens is 1. The summed E-state index contributed by atoms with van der Waals surface area (Å²) in [5.74, 6) is 1.03. The molecule has 3 aliphatic heterocycles. The lowest BCUT2D eigenvalue weighted by molar-refractivity contribution is 0.0709. The van der Waals surface area contributed by atoms with E-state index >= 15 is 0 Å². The van der Waals surface area contributed by atoms with Crippen molar-refractivity contribution in [3.05, 3.63) is 71.8 Å². The zero-order valence-electron chi connectivity index (χ0n) is 17.7. The molecule has 3 N–H and O–H groups in total. The van der Waals surface area contributed by atoms with Gasteiger partial charge in [0, 0.05) is 36.3 Å². The number of nitrogens with one attached hydrogen (secondary N) is 1. The van der Waals surface area contributed by atoms with Gasteiger partial charge in [0.1, 0.15) is 0 Å². The summed E-state index contributed by atoms with van der Waals surface area (Å²) in [7, 11) is 0. The molecule has 0 radical (unpaired) electrons. The van der Waals surface area contributed by atoms with E-state index < -0.39 is 5.91 Å². The average Bonchev–Trinajstić information content (AvgIpc) is 3.51. The number of carbonyl (C=O) groups excluding carboxylic acids is 2. The molecule has 6 rings (SSSR count). The van der Waals surface area contributed by atoms with E-state index in [4.69, 9.17) is 5.73 Å². The summed E-state index contributed by atoms with van der Waals surface area (Å²) < 4.78 is 0. The van der Waals surface area contributed by atoms with Crippen LogP contribution in [0.1, 0.15) is 33.6 Å². The highest BCUT2D eigenvalue weighted by atomic mass is 35.5. The summed E-state index contributed by atoms with van der Waals surface area (Å²) in [6.07, 6.45) is 2.29. The van der Waals surface area contributed by atoms with E-state index in [-0.39, 0.29) is 18.3 Å². The van der Waals surface area contributed by atoms with E-state index in [1.165, 1.54) is 0 Å². The van der Waals surface area contributed by atoms with Crippen molar-refractivity contribution in [1.82, 2.24) is 10.2 Å². The molecule has 3 aliphatic rings. The number of nitrogens with zero attached hydrogens (tertiary/aromatic N) is 1. The van der Waals surface area contributed by atoms with Gasteiger partial charge in [-0.05, 0) is 76.9 Å². The molecule has 4 atom stereocenters. The minimum atomic E-state index is -0.423. The van der Waals surface area contributed by atoms with E-state index in [1.807, 2.05) is 30.3 Å². The van der Waals surface area contributed by atoms with Crippen molar-refractivity contribution >= 4 is 35.0 Å². The summed E-state index contributed by atoms with van der Waals surface area (Å²) in [5.41, 5.74) is 8.72. The standard InChI is InChI=1S/C26H25N3O2.ClH/c27-25(30)16-3-1-15(2-4-16)17-5-6-19-12-20(8-7-18(19)11-17)26(31)29-23-9-10-24(29)22-14-28-13-21(22)23;/h1-8,11-12,21-24,28H,9-10,13-14H2,(H2,27,30);1H/t21-,22+,23-,24+;. The lowest BCUT2D eigenvalue weighted by Crippen LogP contribution is -2.39. The number of benzene rings is 3. The Labute approximate surface area is 193 Å². The number of fused-ring (bicyclic) bond motifs is 6. The monoisotopic (exact) mass is 447 g/mol. The quantitative estimate of drug-likeness (QED) is 0.640. The second-order valence-corrected chi connectivity index (χ2v) is 9.13. The first-order valence-corrected chi connectivity index (χ1v) is 11.1. The molecule has 3 heterocycles. The molecule has 2 bridgehead atoms. The van der Waals surface area contributed by atoms with Gasteiger partial charge >= 0.3 is 0 Å². The smallest absolute Gasteiger partial charge is 0.254 e. The van der Waals surface area contributed by atoms with E-state index in [1.54, 1.807) is 12.1 Å². The molecule has 32 heavy (non-hydrogen) atoms. The largest absolute Gasteiger partial charge is 0.366 e. The van der Waals surface area contributed by atoms with Crippen molar-refractivity contribution in [2.45, 2.75) is 24.9 Å². The first-order valence-electron chi connectivity index (χ1n) is 11.1. The lowest BCUT2D eigenvalue weighted by Gasteiger charge is -2.25. The summed E-state index contributed by atoms with van der Waals surface area (Å²) in [6, 6.07) is 20.4. The van der Waals surface area contributed by atoms with Crippen LogP contribution in [0.25, 0.3) is 21.9 Å². The molecule has 5 nitrogen and oxygen atoms in total. The van der Waals surface area contributed by atoms with Gasteiger partial charge in [-0.1, -0.05) is 30.3 Å². The fourth-order valence-electron chi connectivity index (χ4n) is 6.10. The number of nitrogens with two attached hydrogens (primary N) is 1. The van der Waals surface area contributed by atoms with Crippen molar-refractivity contribution in [1.29, 1.82) is 0 Å². The topological polar surface area (TPSA) is 75.4 Å². The average molecular weight is 448 g/mol. The SMILES string of the molecule is Cl.NC(=O)c1ccc(-c2ccc3cc(C(=O)N4[C@@H]5CC[C@H]4[C@H]4CNC[C@H]45)ccc3c2)cc1. The van der Waals surface area contributed by atoms with Gasteiger partial charge in [0.15, 0.2) is 0 Å². The third-order valence-corrected chi connectivity index (χ3v) is 7.60. The predicted molar refractivity (Wildman–Crippen MR) is 128 cm³/mol. The number of hydrogen-bond donors (Lipinski definition) is 2. The summed E-state index contributed by atoms with van der Waals surface area (Å²) in [5, 5.41) is 5.68. The lowest BCUT2D eigenvalue weighted by atomic mass is 9.82. The van der Waals surface area contributed by atoms with Crippen LogP contribution in [-0.4, -0.2) is 41.9 Å². The molecule has 3 fully saturated rings. The molecule has 6 heteroatoms. The van der Waals surface area contributed by atoms with E-state index in [0.29, 0.717) is 29.5 Å². The number of primary amides is 1. The Balaban J connectivity index is 0.00000216. The van der Waals surface area contributed by atoms with Gasteiger partial charge < -0.3 is 16.0 Å². The van der Waals surface area contributed by atoms with Crippen LogP contribution in [-0.2, 0) is 0 Å². The van der Waals surface area contributed by atoms with Crippen molar-refractivity contribution in [3.8, 4) is 11.1 Å². The highest BCUT2D eigenvalue weighted by molar-refractivity contribution is 6.00. The Morgan fingerprint density at radius 3 is 2.00 bits per heavy atom. The predicted octanol–water partition coefficient (Wildman–Crippen LogP) is 3.85. The van der Waals surface area contributed by atoms with Crippen LogP contribution in [0.3, 0.4) is 0 Å². The maximum atomic E-state index is 13.4. The highest BCUT2D eigenvalue weighted by Crippen LogP contribution is 2.47. The molecule has 3 saturated heterocycles. The summed E-state index contributed by atoms with van der Waals surface area (Å²) in [6.45, 7) is 2.10. The normalized spacial score (nSPS) is 25.6. The molecule has 0 aromatic heterocycles. The Kier molecular flexibility index (Phi) is 5.19. The fourth-order valence-corrected chi connectivity index (χ4v) is 6.10. The van der Waals surface area contributed by atoms with E-state index in [2.05, 4.69) is 28.4 Å². The third kappa shape index (κ3) is 3.19. The van der Waals surface area contributed by atoms with Crippen molar-refractivity contribution in [3.63, 3.8) is 0 Å². The van der Waals surface area contributed by atoms with Gasteiger partial charge in [-0.2, -0.15) is 0 Å². The number of hydrogen-bond acceptors (Lipinski definition) is 3. The first-order chi connectivity index (χ1) is 15.1. The van der Waals surface area contributed by atoms with Crippen LogP contribution in [0, 0.1) is 11.8 Å². The molecule has 0 aliphatic carbocycles. The van der Waals surface area contributed by atoms with E-state index in [9.17, 15) is 9.59 Å². The minimum absolute atomic E-state index is 0. The van der Waals surface area contributed by atoms with Gasteiger partial charge in [0.05, 0.1) is 0 Å². The first kappa shape index (κ1) is 21.0. The number of carbonyl (C=O) groups is 2. The van der Waals surface area contributed by atoms with Gasteiger partial charge in [-0.25, -0.2) is 0 Å². The summed E-state index contributed by atoms with van der Waals surface area (Å²) in [4.78, 5) is 26.9. The van der Waals surface area contributed by atoms with Crippen LogP contribution in [0.4, 0.5) is 0 Å². The zero-order chi connectivity index (χ0) is 21.1. The van der Waals surface area contributed by atoms with Crippen LogP contribution >= 0.6 is 12.4 Å². The Morgan fingerprint density at radius 1 is 0.781 bits per heavy atom. The molecule has 0 saturated carbocycles. The molecule has 0 spiro atoms. The van der Waals surface area contributed by atoms with Crippen LogP contribution in [0.15, 0.2) is 60.7 Å². The van der Waals surface area contributed by atoms with Gasteiger partial charge in [0.25, 0.3) is 5.91 Å². The van der Waals surface area contributed by atoms with Crippen molar-refractivity contribution in [2.75, 3.05) is 13.1 Å². The highest BCUT2D eigenvalue weighted by Gasteiger charge is 2.56. The second-order valence-electron chi connectivity index (χ2n) is 9.13. The third-order valence-electron chi connectivity index (χ3n) is 7.60. The van der Waals surface area contributed by atoms with Crippen LogP contribution < -0.4 is 11.1 Å². The summed E-state index contributed by atoms with van der Waals surface area (Å²) >= 11 is 0. The number of amides is 2. The number of rotatable bonds is 3. The molecular formula is C26H26ClN3O2. The van der Waals surface area contributed by atoms with Gasteiger partial charge in [0.2, 0.25) is 5.91 Å². The molecule has 2 amide bonds. The Hall–Kier alpha value is -2.89. The maximum absolute atomic E-state index is 13.4. The van der Waals surface area contributed by atoms with Crippen molar-refractivity contribution < 1.29 is 9.59 Å². The minimum Gasteiger partial charge on any atom is -0.366 e. The van der Waals surface area contributed by atoms with Crippen molar-refractivity contribution in [2.24, 2.45) is 17.6 Å². The van der Waals surface area contributed by atoms with Crippen LogP contribution in [0.2, 0.25) is 0 Å². The maximum Gasteiger partial charge on any atom is 0.254 e. The Bertz CT molecular complexity index is 1190. The molecule has 0 unspecified atom stereocenters. The second kappa shape index (κ2) is 7.91. The van der Waals surface area contributed by atoms with Gasteiger partial charge in [-0.15, -0.1) is 12.4 Å². The molecule has 164 valence electrons. The fraction of sp³-hybridized carbons (Fsp3) is 0.308. The van der Waals surface area contributed by atoms with Crippen LogP contribution in [0.5, 0.6) is 0 Å². The zero-order valence-corrected chi connectivity index (χ0v) is 18.5. The molecule has 3 aromatic rings. The molecular weight excluding hydrogens is 422 g/mol.